The standard InChI is InChI=1S/C15H20F2N2O2/c1-9(10-4-5-12(16)13(17)6-10)19(3)15(20)11-7-21-8-14(11)18-2/h4-6,9,11,14,18H,7-8H2,1-3H3. The highest BCUT2D eigenvalue weighted by Gasteiger charge is 2.36. The molecule has 1 aliphatic rings. The molecular formula is C15H20F2N2O2. The van der Waals surface area contributed by atoms with Crippen LogP contribution in [0.2, 0.25) is 0 Å². The van der Waals surface area contributed by atoms with E-state index in [-0.39, 0.29) is 23.9 Å². The second-order valence-corrected chi connectivity index (χ2v) is 5.34. The molecule has 1 N–H and O–H groups in total. The Labute approximate surface area is 123 Å². The van der Waals surface area contributed by atoms with Crippen molar-refractivity contribution in [2.75, 3.05) is 27.3 Å². The Morgan fingerprint density at radius 2 is 2.10 bits per heavy atom. The molecule has 1 aromatic carbocycles. The average molecular weight is 298 g/mol. The predicted octanol–water partition coefficient (Wildman–Crippen LogP) is 1.72. The van der Waals surface area contributed by atoms with Gasteiger partial charge in [-0.2, -0.15) is 0 Å². The van der Waals surface area contributed by atoms with Crippen molar-refractivity contribution >= 4 is 5.91 Å². The normalized spacial score (nSPS) is 23.1. The summed E-state index contributed by atoms with van der Waals surface area (Å²) in [4.78, 5) is 14.1. The van der Waals surface area contributed by atoms with Crippen molar-refractivity contribution in [3.05, 3.63) is 35.4 Å². The van der Waals surface area contributed by atoms with Crippen molar-refractivity contribution in [3.8, 4) is 0 Å². The first-order valence-electron chi connectivity index (χ1n) is 6.92. The Balaban J connectivity index is 2.12. The molecule has 1 heterocycles. The quantitative estimate of drug-likeness (QED) is 0.920. The highest BCUT2D eigenvalue weighted by molar-refractivity contribution is 5.80. The van der Waals surface area contributed by atoms with Crippen LogP contribution in [-0.4, -0.2) is 44.2 Å². The van der Waals surface area contributed by atoms with Crippen molar-refractivity contribution in [2.24, 2.45) is 5.92 Å². The lowest BCUT2D eigenvalue weighted by Gasteiger charge is -2.29. The van der Waals surface area contributed by atoms with Crippen LogP contribution in [0.5, 0.6) is 0 Å². The van der Waals surface area contributed by atoms with E-state index in [0.717, 1.165) is 12.1 Å². The maximum Gasteiger partial charge on any atom is 0.229 e. The fraction of sp³-hybridized carbons (Fsp3) is 0.533. The average Bonchev–Trinajstić information content (AvgIpc) is 2.96. The van der Waals surface area contributed by atoms with Crippen molar-refractivity contribution < 1.29 is 18.3 Å². The second-order valence-electron chi connectivity index (χ2n) is 5.34. The highest BCUT2D eigenvalue weighted by atomic mass is 19.2. The molecule has 0 spiro atoms. The summed E-state index contributed by atoms with van der Waals surface area (Å²) in [5.41, 5.74) is 0.560. The Bertz CT molecular complexity index is 524. The molecule has 116 valence electrons. The van der Waals surface area contributed by atoms with Crippen molar-refractivity contribution in [3.63, 3.8) is 0 Å². The Kier molecular flexibility index (Phi) is 4.90. The number of rotatable bonds is 4. The molecule has 3 unspecified atom stereocenters. The molecule has 1 saturated heterocycles. The smallest absolute Gasteiger partial charge is 0.229 e. The Hall–Kier alpha value is -1.53. The van der Waals surface area contributed by atoms with Gasteiger partial charge in [-0.05, 0) is 31.7 Å². The Morgan fingerprint density at radius 1 is 1.38 bits per heavy atom. The number of ether oxygens (including phenoxy) is 1. The summed E-state index contributed by atoms with van der Waals surface area (Å²) in [6, 6.07) is 3.34. The van der Waals surface area contributed by atoms with Crippen molar-refractivity contribution in [1.29, 1.82) is 0 Å². The van der Waals surface area contributed by atoms with E-state index in [1.165, 1.54) is 6.07 Å². The predicted molar refractivity (Wildman–Crippen MR) is 74.7 cm³/mol. The molecule has 1 aliphatic heterocycles. The lowest BCUT2D eigenvalue weighted by molar-refractivity contribution is -0.136. The fourth-order valence-corrected chi connectivity index (χ4v) is 2.53. The minimum atomic E-state index is -0.905. The van der Waals surface area contributed by atoms with E-state index in [1.54, 1.807) is 25.9 Å². The van der Waals surface area contributed by atoms with Crippen LogP contribution in [0.4, 0.5) is 8.78 Å². The summed E-state index contributed by atoms with van der Waals surface area (Å²) in [7, 11) is 3.46. The van der Waals surface area contributed by atoms with Crippen LogP contribution in [0, 0.1) is 17.6 Å². The molecule has 3 atom stereocenters. The van der Waals surface area contributed by atoms with Gasteiger partial charge >= 0.3 is 0 Å². The van der Waals surface area contributed by atoms with Crippen LogP contribution < -0.4 is 5.32 Å². The molecule has 4 nitrogen and oxygen atoms in total. The topological polar surface area (TPSA) is 41.6 Å². The fourth-order valence-electron chi connectivity index (χ4n) is 2.53. The van der Waals surface area contributed by atoms with Crippen LogP contribution in [0.15, 0.2) is 18.2 Å². The third-order valence-corrected chi connectivity index (χ3v) is 4.12. The number of likely N-dealkylation sites (N-methyl/N-ethyl adjacent to an activating group) is 1. The third-order valence-electron chi connectivity index (χ3n) is 4.12. The summed E-state index contributed by atoms with van der Waals surface area (Å²) in [6.07, 6.45) is 0. The van der Waals surface area contributed by atoms with E-state index in [1.807, 2.05) is 0 Å². The van der Waals surface area contributed by atoms with E-state index in [4.69, 9.17) is 4.74 Å². The summed E-state index contributed by atoms with van der Waals surface area (Å²) >= 11 is 0. The number of benzene rings is 1. The van der Waals surface area contributed by atoms with E-state index in [2.05, 4.69) is 5.32 Å². The molecule has 0 radical (unpaired) electrons. The van der Waals surface area contributed by atoms with Crippen LogP contribution in [0.25, 0.3) is 0 Å². The first-order chi connectivity index (χ1) is 9.95. The second kappa shape index (κ2) is 6.49. The maximum atomic E-state index is 13.3. The monoisotopic (exact) mass is 298 g/mol. The molecular weight excluding hydrogens is 278 g/mol. The highest BCUT2D eigenvalue weighted by Crippen LogP contribution is 2.24. The summed E-state index contributed by atoms with van der Waals surface area (Å²) in [6.45, 7) is 2.66. The SMILES string of the molecule is CNC1COCC1C(=O)N(C)C(C)c1ccc(F)c(F)c1. The molecule has 1 amide bonds. The molecule has 1 fully saturated rings. The van der Waals surface area contributed by atoms with Gasteiger partial charge in [-0.3, -0.25) is 4.79 Å². The van der Waals surface area contributed by atoms with Gasteiger partial charge in [0, 0.05) is 13.1 Å². The largest absolute Gasteiger partial charge is 0.379 e. The molecule has 2 rings (SSSR count). The van der Waals surface area contributed by atoms with Gasteiger partial charge in [-0.15, -0.1) is 0 Å². The van der Waals surface area contributed by atoms with Gasteiger partial charge in [0.15, 0.2) is 11.6 Å². The maximum absolute atomic E-state index is 13.3. The molecule has 0 bridgehead atoms. The first kappa shape index (κ1) is 15.9. The van der Waals surface area contributed by atoms with Gasteiger partial charge in [-0.1, -0.05) is 6.07 Å². The molecule has 21 heavy (non-hydrogen) atoms. The number of hydrogen-bond donors (Lipinski definition) is 1. The van der Waals surface area contributed by atoms with Gasteiger partial charge in [-0.25, -0.2) is 8.78 Å². The van der Waals surface area contributed by atoms with Crippen LogP contribution in [0.3, 0.4) is 0 Å². The number of carbonyl (C=O) groups is 1. The van der Waals surface area contributed by atoms with E-state index >= 15 is 0 Å². The van der Waals surface area contributed by atoms with E-state index in [9.17, 15) is 13.6 Å². The number of amides is 1. The third kappa shape index (κ3) is 3.22. The summed E-state index contributed by atoms with van der Waals surface area (Å²) in [5.74, 6) is -2.12. The van der Waals surface area contributed by atoms with Crippen LogP contribution in [0.1, 0.15) is 18.5 Å². The zero-order valence-electron chi connectivity index (χ0n) is 12.4. The molecule has 0 saturated carbocycles. The van der Waals surface area contributed by atoms with E-state index < -0.39 is 11.6 Å². The Morgan fingerprint density at radius 3 is 2.71 bits per heavy atom. The van der Waals surface area contributed by atoms with Gasteiger partial charge in [0.2, 0.25) is 5.91 Å². The zero-order chi connectivity index (χ0) is 15.6. The summed E-state index contributed by atoms with van der Waals surface area (Å²) < 4.78 is 31.6. The first-order valence-corrected chi connectivity index (χ1v) is 6.92. The van der Waals surface area contributed by atoms with Crippen molar-refractivity contribution in [1.82, 2.24) is 10.2 Å². The van der Waals surface area contributed by atoms with Gasteiger partial charge in [0.25, 0.3) is 0 Å². The molecule has 1 aromatic rings. The van der Waals surface area contributed by atoms with Crippen LogP contribution in [-0.2, 0) is 9.53 Å². The number of nitrogens with zero attached hydrogens (tertiary/aromatic N) is 1. The number of hydrogen-bond acceptors (Lipinski definition) is 3. The van der Waals surface area contributed by atoms with Gasteiger partial charge in [0.05, 0.1) is 25.2 Å². The molecule has 0 aromatic heterocycles. The summed E-state index contributed by atoms with van der Waals surface area (Å²) in [5, 5.41) is 3.06. The van der Waals surface area contributed by atoms with E-state index in [0.29, 0.717) is 18.8 Å². The zero-order valence-corrected chi connectivity index (χ0v) is 12.4. The minimum absolute atomic E-state index is 0.0166. The number of nitrogens with one attached hydrogen (secondary N) is 1. The lowest BCUT2D eigenvalue weighted by atomic mass is 10.00. The van der Waals surface area contributed by atoms with Gasteiger partial charge in [0.1, 0.15) is 0 Å². The van der Waals surface area contributed by atoms with Crippen LogP contribution >= 0.6 is 0 Å². The van der Waals surface area contributed by atoms with Crippen molar-refractivity contribution in [2.45, 2.75) is 19.0 Å². The number of halogens is 2. The number of carbonyl (C=O) groups excluding carboxylic acids is 1. The molecule has 0 aliphatic carbocycles. The lowest BCUT2D eigenvalue weighted by Crippen LogP contribution is -2.44. The van der Waals surface area contributed by atoms with Gasteiger partial charge < -0.3 is 15.0 Å². The minimum Gasteiger partial charge on any atom is -0.379 e. The molecule has 6 heteroatoms.